The van der Waals surface area contributed by atoms with Gasteiger partial charge >= 0.3 is 0 Å². The molecule has 3 heteroatoms. The lowest BCUT2D eigenvalue weighted by Gasteiger charge is -2.27. The van der Waals surface area contributed by atoms with Crippen molar-refractivity contribution < 1.29 is 8.78 Å². The molecule has 0 aliphatic carbocycles. The van der Waals surface area contributed by atoms with E-state index in [0.29, 0.717) is 18.5 Å². The lowest BCUT2D eigenvalue weighted by Crippen LogP contribution is -2.29. The van der Waals surface area contributed by atoms with Gasteiger partial charge in [-0.3, -0.25) is 0 Å². The second-order valence-electron chi connectivity index (χ2n) is 4.57. The number of benzene rings is 2. The molecule has 0 fully saturated rings. The molecule has 18 heavy (non-hydrogen) atoms. The van der Waals surface area contributed by atoms with E-state index in [1.165, 1.54) is 6.07 Å². The first kappa shape index (κ1) is 11.4. The first-order chi connectivity index (χ1) is 8.74. The van der Waals surface area contributed by atoms with E-state index in [1.807, 2.05) is 30.3 Å². The third-order valence-corrected chi connectivity index (χ3v) is 3.40. The van der Waals surface area contributed by atoms with Gasteiger partial charge in [0.1, 0.15) is 11.6 Å². The summed E-state index contributed by atoms with van der Waals surface area (Å²) in [4.78, 5) is 0. The molecule has 0 spiro atoms. The maximum Gasteiger partial charge on any atom is 0.129 e. The van der Waals surface area contributed by atoms with Gasteiger partial charge in [0, 0.05) is 18.7 Å². The Labute approximate surface area is 104 Å². The van der Waals surface area contributed by atoms with Crippen molar-refractivity contribution in [3.05, 3.63) is 70.8 Å². The molecule has 1 nitrogen and oxygen atoms in total. The predicted molar refractivity (Wildman–Crippen MR) is 66.1 cm³/mol. The highest BCUT2D eigenvalue weighted by Gasteiger charge is 2.22. The summed E-state index contributed by atoms with van der Waals surface area (Å²) in [5, 5.41) is 3.31. The Bertz CT molecular complexity index is 566. The van der Waals surface area contributed by atoms with Gasteiger partial charge in [-0.1, -0.05) is 30.3 Å². The summed E-state index contributed by atoms with van der Waals surface area (Å²) < 4.78 is 26.9. The Hall–Kier alpha value is -1.74. The average molecular weight is 245 g/mol. The molecule has 2 aromatic carbocycles. The van der Waals surface area contributed by atoms with Crippen molar-refractivity contribution in [2.75, 3.05) is 0 Å². The van der Waals surface area contributed by atoms with E-state index >= 15 is 0 Å². The van der Waals surface area contributed by atoms with Crippen LogP contribution < -0.4 is 5.32 Å². The van der Waals surface area contributed by atoms with Crippen molar-refractivity contribution in [1.29, 1.82) is 0 Å². The average Bonchev–Trinajstić information content (AvgIpc) is 2.39. The van der Waals surface area contributed by atoms with E-state index in [-0.39, 0.29) is 6.04 Å². The molecule has 0 aromatic heterocycles. The maximum atomic E-state index is 13.8. The van der Waals surface area contributed by atoms with Crippen LogP contribution in [-0.2, 0) is 13.0 Å². The largest absolute Gasteiger partial charge is 0.306 e. The lowest BCUT2D eigenvalue weighted by atomic mass is 9.91. The van der Waals surface area contributed by atoms with Crippen LogP contribution in [0.3, 0.4) is 0 Å². The molecule has 0 amide bonds. The second-order valence-corrected chi connectivity index (χ2v) is 4.57. The fourth-order valence-corrected chi connectivity index (χ4v) is 2.47. The van der Waals surface area contributed by atoms with Crippen molar-refractivity contribution >= 4 is 0 Å². The minimum Gasteiger partial charge on any atom is -0.306 e. The monoisotopic (exact) mass is 245 g/mol. The number of rotatable bonds is 1. The summed E-state index contributed by atoms with van der Waals surface area (Å²) in [7, 11) is 0. The summed E-state index contributed by atoms with van der Waals surface area (Å²) in [6.45, 7) is 0.504. The van der Waals surface area contributed by atoms with Gasteiger partial charge in [0.05, 0.1) is 0 Å². The Morgan fingerprint density at radius 2 is 1.83 bits per heavy atom. The van der Waals surface area contributed by atoms with Crippen LogP contribution in [0.4, 0.5) is 8.78 Å². The summed E-state index contributed by atoms with van der Waals surface area (Å²) in [5.41, 5.74) is 2.48. The molecule has 0 bridgehead atoms. The Balaban J connectivity index is 1.94. The highest BCUT2D eigenvalue weighted by molar-refractivity contribution is 5.34. The van der Waals surface area contributed by atoms with E-state index in [1.54, 1.807) is 0 Å². The van der Waals surface area contributed by atoms with Crippen LogP contribution in [0.2, 0.25) is 0 Å². The van der Waals surface area contributed by atoms with Gasteiger partial charge in [-0.25, -0.2) is 8.78 Å². The van der Waals surface area contributed by atoms with Crippen LogP contribution in [-0.4, -0.2) is 0 Å². The highest BCUT2D eigenvalue weighted by Crippen LogP contribution is 2.28. The third-order valence-electron chi connectivity index (χ3n) is 3.40. The quantitative estimate of drug-likeness (QED) is 0.812. The van der Waals surface area contributed by atoms with Gasteiger partial charge in [0.25, 0.3) is 0 Å². The summed E-state index contributed by atoms with van der Waals surface area (Å²) in [6.07, 6.45) is 0.561. The minimum atomic E-state index is -0.508. The van der Waals surface area contributed by atoms with Crippen LogP contribution in [0, 0.1) is 11.6 Å². The fraction of sp³-hybridized carbons (Fsp3) is 0.200. The van der Waals surface area contributed by atoms with Crippen LogP contribution in [0.5, 0.6) is 0 Å². The SMILES string of the molecule is Fc1cc(F)c2c(c1)CNC(c1ccccc1)C2. The maximum absolute atomic E-state index is 13.8. The van der Waals surface area contributed by atoms with Crippen LogP contribution in [0.25, 0.3) is 0 Å². The Kier molecular flexibility index (Phi) is 2.84. The van der Waals surface area contributed by atoms with Crippen LogP contribution in [0.1, 0.15) is 22.7 Å². The van der Waals surface area contributed by atoms with Crippen molar-refractivity contribution in [2.24, 2.45) is 0 Å². The molecular weight excluding hydrogens is 232 g/mol. The summed E-state index contributed by atoms with van der Waals surface area (Å²) in [5.74, 6) is -0.946. The zero-order valence-electron chi connectivity index (χ0n) is 9.79. The molecule has 1 N–H and O–H groups in total. The normalized spacial score (nSPS) is 18.4. The molecule has 1 atom stereocenters. The van der Waals surface area contributed by atoms with Gasteiger partial charge in [-0.15, -0.1) is 0 Å². The van der Waals surface area contributed by atoms with Crippen molar-refractivity contribution in [1.82, 2.24) is 5.32 Å². The number of fused-ring (bicyclic) bond motifs is 1. The zero-order chi connectivity index (χ0) is 12.5. The molecule has 2 aromatic rings. The molecule has 0 radical (unpaired) electrons. The molecule has 1 heterocycles. The zero-order valence-corrected chi connectivity index (χ0v) is 9.79. The molecule has 0 saturated heterocycles. The number of nitrogens with one attached hydrogen (secondary N) is 1. The van der Waals surface area contributed by atoms with Gasteiger partial charge in [0.2, 0.25) is 0 Å². The lowest BCUT2D eigenvalue weighted by molar-refractivity contribution is 0.470. The molecular formula is C15H13F2N. The van der Waals surface area contributed by atoms with Crippen molar-refractivity contribution in [2.45, 2.75) is 19.0 Å². The first-order valence-corrected chi connectivity index (χ1v) is 5.99. The van der Waals surface area contributed by atoms with E-state index in [2.05, 4.69) is 5.32 Å². The number of halogens is 2. The third kappa shape index (κ3) is 2.02. The van der Waals surface area contributed by atoms with Crippen LogP contribution >= 0.6 is 0 Å². The van der Waals surface area contributed by atoms with Crippen molar-refractivity contribution in [3.8, 4) is 0 Å². The standard InChI is InChI=1S/C15H13F2N/c16-12-6-11-9-18-15(8-13(11)14(17)7-12)10-4-2-1-3-5-10/h1-7,15,18H,8-9H2. The van der Waals surface area contributed by atoms with E-state index in [0.717, 1.165) is 17.2 Å². The molecule has 92 valence electrons. The van der Waals surface area contributed by atoms with Gasteiger partial charge in [0.15, 0.2) is 0 Å². The number of hydrogen-bond acceptors (Lipinski definition) is 1. The van der Waals surface area contributed by atoms with E-state index < -0.39 is 11.6 Å². The Morgan fingerprint density at radius 3 is 2.61 bits per heavy atom. The van der Waals surface area contributed by atoms with Gasteiger partial charge in [-0.05, 0) is 29.2 Å². The van der Waals surface area contributed by atoms with Crippen molar-refractivity contribution in [3.63, 3.8) is 0 Å². The topological polar surface area (TPSA) is 12.0 Å². The first-order valence-electron chi connectivity index (χ1n) is 5.99. The predicted octanol–water partition coefficient (Wildman–Crippen LogP) is 3.35. The molecule has 3 rings (SSSR count). The van der Waals surface area contributed by atoms with Gasteiger partial charge in [-0.2, -0.15) is 0 Å². The number of hydrogen-bond donors (Lipinski definition) is 1. The second kappa shape index (κ2) is 4.50. The van der Waals surface area contributed by atoms with E-state index in [4.69, 9.17) is 0 Å². The Morgan fingerprint density at radius 1 is 1.06 bits per heavy atom. The minimum absolute atomic E-state index is 0.0960. The molecule has 1 aliphatic heterocycles. The smallest absolute Gasteiger partial charge is 0.129 e. The molecule has 0 saturated carbocycles. The summed E-state index contributed by atoms with van der Waals surface area (Å²) >= 11 is 0. The van der Waals surface area contributed by atoms with Gasteiger partial charge < -0.3 is 5.32 Å². The highest BCUT2D eigenvalue weighted by atomic mass is 19.1. The molecule has 1 unspecified atom stereocenters. The molecule has 1 aliphatic rings. The fourth-order valence-electron chi connectivity index (χ4n) is 2.47. The van der Waals surface area contributed by atoms with E-state index in [9.17, 15) is 8.78 Å². The summed E-state index contributed by atoms with van der Waals surface area (Å²) in [6, 6.07) is 12.4. The van der Waals surface area contributed by atoms with Crippen LogP contribution in [0.15, 0.2) is 42.5 Å².